The number of amides is 1. The Labute approximate surface area is 127 Å². The van der Waals surface area contributed by atoms with Gasteiger partial charge in [-0.25, -0.2) is 0 Å². The van der Waals surface area contributed by atoms with Crippen LogP contribution in [0.1, 0.15) is 34.1 Å². The summed E-state index contributed by atoms with van der Waals surface area (Å²) >= 11 is 0. The molecule has 1 amide bonds. The van der Waals surface area contributed by atoms with E-state index < -0.39 is 0 Å². The lowest BCUT2D eigenvalue weighted by Crippen LogP contribution is -2.31. The van der Waals surface area contributed by atoms with Crippen LogP contribution in [0.2, 0.25) is 0 Å². The largest absolute Gasteiger partial charge is 0.489 e. The topological polar surface area (TPSA) is 67.6 Å². The summed E-state index contributed by atoms with van der Waals surface area (Å²) in [6.45, 7) is 9.94. The number of ether oxygens (including phenoxy) is 1. The van der Waals surface area contributed by atoms with Gasteiger partial charge in [0.25, 0.3) is 0 Å². The van der Waals surface area contributed by atoms with Gasteiger partial charge in [0.1, 0.15) is 5.75 Å². The lowest BCUT2D eigenvalue weighted by Gasteiger charge is -2.19. The molecule has 21 heavy (non-hydrogen) atoms. The third kappa shape index (κ3) is 5.17. The molecule has 5 heteroatoms. The number of hydrogen-bond donors (Lipinski definition) is 2. The molecule has 0 fully saturated rings. The number of nitrogens with one attached hydrogen (secondary N) is 1. The number of anilines is 2. The lowest BCUT2D eigenvalue weighted by atomic mass is 10.2. The predicted molar refractivity (Wildman–Crippen MR) is 87.7 cm³/mol. The standard InChI is InChI=1S/C16H27N3O2/c1-5-19(6-2)15(20)10-11-18-13-8-7-9-14(16(13)17)21-12(3)4/h7-9,12,18H,5-6,10-11,17H2,1-4H3. The first-order valence-electron chi connectivity index (χ1n) is 7.56. The molecule has 118 valence electrons. The summed E-state index contributed by atoms with van der Waals surface area (Å²) in [6.07, 6.45) is 0.530. The number of para-hydroxylation sites is 1. The molecule has 3 N–H and O–H groups in total. The second-order valence-electron chi connectivity index (χ2n) is 5.13. The number of nitrogens with two attached hydrogens (primary N) is 1. The summed E-state index contributed by atoms with van der Waals surface area (Å²) in [5, 5.41) is 3.21. The van der Waals surface area contributed by atoms with Gasteiger partial charge in [-0.15, -0.1) is 0 Å². The molecule has 0 heterocycles. The van der Waals surface area contributed by atoms with Crippen LogP contribution in [0.5, 0.6) is 5.75 Å². The molecule has 0 spiro atoms. The van der Waals surface area contributed by atoms with Crippen molar-refractivity contribution >= 4 is 17.3 Å². The van der Waals surface area contributed by atoms with Crippen LogP contribution in [-0.4, -0.2) is 36.5 Å². The van der Waals surface area contributed by atoms with Crippen molar-refractivity contribution in [1.29, 1.82) is 0 Å². The van der Waals surface area contributed by atoms with Crippen molar-refractivity contribution < 1.29 is 9.53 Å². The van der Waals surface area contributed by atoms with Crippen LogP contribution in [0, 0.1) is 0 Å². The molecule has 0 saturated carbocycles. The molecule has 0 atom stereocenters. The zero-order valence-corrected chi connectivity index (χ0v) is 13.5. The van der Waals surface area contributed by atoms with E-state index in [2.05, 4.69) is 5.32 Å². The van der Waals surface area contributed by atoms with E-state index in [0.717, 1.165) is 18.8 Å². The Bertz CT molecular complexity index is 457. The minimum absolute atomic E-state index is 0.0757. The molecule has 0 saturated heterocycles. The normalized spacial score (nSPS) is 10.5. The summed E-state index contributed by atoms with van der Waals surface area (Å²) in [5.41, 5.74) is 7.47. The fourth-order valence-electron chi connectivity index (χ4n) is 2.09. The van der Waals surface area contributed by atoms with E-state index in [-0.39, 0.29) is 12.0 Å². The molecule has 1 rings (SSSR count). The number of carbonyl (C=O) groups excluding carboxylic acids is 1. The van der Waals surface area contributed by atoms with Crippen LogP contribution in [0.4, 0.5) is 11.4 Å². The zero-order chi connectivity index (χ0) is 15.8. The monoisotopic (exact) mass is 293 g/mol. The quantitative estimate of drug-likeness (QED) is 0.723. The van der Waals surface area contributed by atoms with Crippen molar-refractivity contribution in [2.75, 3.05) is 30.7 Å². The van der Waals surface area contributed by atoms with Crippen molar-refractivity contribution in [3.8, 4) is 5.75 Å². The molecular weight excluding hydrogens is 266 g/mol. The van der Waals surface area contributed by atoms with E-state index in [1.807, 2.05) is 50.8 Å². The minimum atomic E-state index is 0.0757. The Morgan fingerprint density at radius 2 is 2.00 bits per heavy atom. The van der Waals surface area contributed by atoms with E-state index in [1.54, 1.807) is 0 Å². The van der Waals surface area contributed by atoms with Gasteiger partial charge in [-0.05, 0) is 39.8 Å². The van der Waals surface area contributed by atoms with Gasteiger partial charge >= 0.3 is 0 Å². The van der Waals surface area contributed by atoms with E-state index >= 15 is 0 Å². The maximum absolute atomic E-state index is 11.9. The van der Waals surface area contributed by atoms with Gasteiger partial charge in [-0.1, -0.05) is 6.07 Å². The number of nitrogen functional groups attached to an aromatic ring is 1. The van der Waals surface area contributed by atoms with Gasteiger partial charge in [0.05, 0.1) is 17.5 Å². The number of carbonyl (C=O) groups is 1. The Kier molecular flexibility index (Phi) is 6.85. The first kappa shape index (κ1) is 17.1. The maximum Gasteiger partial charge on any atom is 0.224 e. The van der Waals surface area contributed by atoms with Crippen molar-refractivity contribution in [1.82, 2.24) is 4.90 Å². The van der Waals surface area contributed by atoms with Crippen LogP contribution >= 0.6 is 0 Å². The van der Waals surface area contributed by atoms with Gasteiger partial charge in [0, 0.05) is 26.1 Å². The van der Waals surface area contributed by atoms with Crippen LogP contribution in [0.15, 0.2) is 18.2 Å². The number of benzene rings is 1. The fourth-order valence-corrected chi connectivity index (χ4v) is 2.09. The molecule has 0 aliphatic rings. The average Bonchev–Trinajstić information content (AvgIpc) is 2.43. The van der Waals surface area contributed by atoms with Crippen molar-refractivity contribution in [2.24, 2.45) is 0 Å². The highest BCUT2D eigenvalue weighted by Gasteiger charge is 2.10. The van der Waals surface area contributed by atoms with E-state index in [0.29, 0.717) is 24.4 Å². The van der Waals surface area contributed by atoms with Crippen LogP contribution < -0.4 is 15.8 Å². The van der Waals surface area contributed by atoms with Gasteiger partial charge < -0.3 is 20.7 Å². The number of rotatable bonds is 8. The molecule has 0 unspecified atom stereocenters. The summed E-state index contributed by atoms with van der Waals surface area (Å²) in [4.78, 5) is 13.7. The molecule has 5 nitrogen and oxygen atoms in total. The van der Waals surface area contributed by atoms with Crippen LogP contribution in [0.3, 0.4) is 0 Å². The van der Waals surface area contributed by atoms with Gasteiger partial charge in [-0.3, -0.25) is 4.79 Å². The van der Waals surface area contributed by atoms with Crippen molar-refractivity contribution in [3.63, 3.8) is 0 Å². The Balaban J connectivity index is 2.58. The van der Waals surface area contributed by atoms with Gasteiger partial charge in [0.15, 0.2) is 0 Å². The van der Waals surface area contributed by atoms with E-state index in [1.165, 1.54) is 0 Å². The molecule has 1 aromatic rings. The first-order chi connectivity index (χ1) is 9.99. The Hall–Kier alpha value is -1.91. The molecular formula is C16H27N3O2. The smallest absolute Gasteiger partial charge is 0.224 e. The molecule has 0 aliphatic carbocycles. The average molecular weight is 293 g/mol. The Morgan fingerprint density at radius 1 is 1.33 bits per heavy atom. The molecule has 0 aliphatic heterocycles. The maximum atomic E-state index is 11.9. The van der Waals surface area contributed by atoms with Crippen LogP contribution in [0.25, 0.3) is 0 Å². The Morgan fingerprint density at radius 3 is 2.57 bits per heavy atom. The summed E-state index contributed by atoms with van der Waals surface area (Å²) < 4.78 is 5.65. The first-order valence-corrected chi connectivity index (χ1v) is 7.56. The summed E-state index contributed by atoms with van der Waals surface area (Å²) in [6, 6.07) is 5.63. The lowest BCUT2D eigenvalue weighted by molar-refractivity contribution is -0.130. The summed E-state index contributed by atoms with van der Waals surface area (Å²) in [7, 11) is 0. The third-order valence-electron chi connectivity index (χ3n) is 3.20. The van der Waals surface area contributed by atoms with Gasteiger partial charge in [0.2, 0.25) is 5.91 Å². The highest BCUT2D eigenvalue weighted by atomic mass is 16.5. The third-order valence-corrected chi connectivity index (χ3v) is 3.20. The highest BCUT2D eigenvalue weighted by Crippen LogP contribution is 2.30. The van der Waals surface area contributed by atoms with Crippen LogP contribution in [-0.2, 0) is 4.79 Å². The second kappa shape index (κ2) is 8.39. The second-order valence-corrected chi connectivity index (χ2v) is 5.13. The van der Waals surface area contributed by atoms with Crippen molar-refractivity contribution in [3.05, 3.63) is 18.2 Å². The summed E-state index contributed by atoms with van der Waals surface area (Å²) in [5.74, 6) is 0.825. The molecule has 1 aromatic carbocycles. The van der Waals surface area contributed by atoms with E-state index in [9.17, 15) is 4.79 Å². The van der Waals surface area contributed by atoms with Crippen molar-refractivity contribution in [2.45, 2.75) is 40.2 Å². The number of hydrogen-bond acceptors (Lipinski definition) is 4. The van der Waals surface area contributed by atoms with Gasteiger partial charge in [-0.2, -0.15) is 0 Å². The number of nitrogens with zero attached hydrogens (tertiary/aromatic N) is 1. The molecule has 0 aromatic heterocycles. The highest BCUT2D eigenvalue weighted by molar-refractivity contribution is 5.77. The molecule has 0 bridgehead atoms. The predicted octanol–water partition coefficient (Wildman–Crippen LogP) is 2.73. The SMILES string of the molecule is CCN(CC)C(=O)CCNc1cccc(OC(C)C)c1N. The minimum Gasteiger partial charge on any atom is -0.489 e. The molecule has 0 radical (unpaired) electrons. The van der Waals surface area contributed by atoms with E-state index in [4.69, 9.17) is 10.5 Å². The fraction of sp³-hybridized carbons (Fsp3) is 0.562. The zero-order valence-electron chi connectivity index (χ0n) is 13.5.